The van der Waals surface area contributed by atoms with Crippen LogP contribution in [0.25, 0.3) is 22.2 Å². The lowest BCUT2D eigenvalue weighted by molar-refractivity contribution is -0.139. The van der Waals surface area contributed by atoms with Gasteiger partial charge in [-0.3, -0.25) is 5.10 Å². The number of alkyl carbamates (subject to hydrolysis) is 1. The van der Waals surface area contributed by atoms with Crippen molar-refractivity contribution in [1.82, 2.24) is 20.5 Å². The van der Waals surface area contributed by atoms with Gasteiger partial charge in [0.2, 0.25) is 0 Å². The molecule has 0 aliphatic heterocycles. The smallest absolute Gasteiger partial charge is 0.419 e. The minimum absolute atomic E-state index is 0.145. The summed E-state index contributed by atoms with van der Waals surface area (Å²) >= 11 is 0. The first-order valence-corrected chi connectivity index (χ1v) is 11.3. The third-order valence-electron chi connectivity index (χ3n) is 5.16. The number of alkyl halides is 3. The molecular weight excluding hydrogens is 461 g/mol. The number of H-pyrrole nitrogens is 1. The summed E-state index contributed by atoms with van der Waals surface area (Å²) in [4.78, 5) is 16.5. The molecule has 0 unspecified atom stereocenters. The van der Waals surface area contributed by atoms with Gasteiger partial charge in [-0.05, 0) is 69.4 Å². The molecule has 0 saturated carbocycles. The molecule has 1 aromatic carbocycles. The van der Waals surface area contributed by atoms with Crippen LogP contribution in [0.4, 0.5) is 18.0 Å². The van der Waals surface area contributed by atoms with Crippen LogP contribution in [0.5, 0.6) is 5.75 Å². The molecule has 10 heteroatoms. The number of carbonyl (C=O) groups is 1. The van der Waals surface area contributed by atoms with E-state index in [1.54, 1.807) is 39.8 Å². The van der Waals surface area contributed by atoms with Crippen LogP contribution >= 0.6 is 0 Å². The number of aromatic nitrogens is 3. The van der Waals surface area contributed by atoms with E-state index in [-0.39, 0.29) is 18.3 Å². The van der Waals surface area contributed by atoms with Gasteiger partial charge in [0, 0.05) is 11.6 Å². The number of halogens is 3. The average Bonchev–Trinajstić information content (AvgIpc) is 3.18. The molecule has 35 heavy (non-hydrogen) atoms. The Balaban J connectivity index is 1.90. The lowest BCUT2D eigenvalue weighted by Gasteiger charge is -2.33. The van der Waals surface area contributed by atoms with Crippen LogP contribution in [0.1, 0.15) is 53.5 Å². The molecule has 1 atom stereocenters. The maximum Gasteiger partial charge on any atom is 0.419 e. The molecular formula is C25H31F3N4O3. The first-order chi connectivity index (χ1) is 16.2. The Kier molecular flexibility index (Phi) is 7.33. The maximum absolute atomic E-state index is 14.0. The van der Waals surface area contributed by atoms with E-state index in [1.807, 2.05) is 13.8 Å². The highest BCUT2D eigenvalue weighted by atomic mass is 19.4. The van der Waals surface area contributed by atoms with Gasteiger partial charge in [-0.2, -0.15) is 18.3 Å². The van der Waals surface area contributed by atoms with Crippen molar-refractivity contribution in [1.29, 1.82) is 0 Å². The van der Waals surface area contributed by atoms with E-state index in [9.17, 15) is 18.0 Å². The van der Waals surface area contributed by atoms with Gasteiger partial charge in [-0.25, -0.2) is 9.78 Å². The van der Waals surface area contributed by atoms with Crippen molar-refractivity contribution in [3.05, 3.63) is 42.2 Å². The maximum atomic E-state index is 14.0. The molecule has 3 aromatic rings. The van der Waals surface area contributed by atoms with E-state index < -0.39 is 29.0 Å². The fourth-order valence-corrected chi connectivity index (χ4v) is 3.98. The van der Waals surface area contributed by atoms with Crippen LogP contribution in [0, 0.1) is 5.92 Å². The predicted octanol–water partition coefficient (Wildman–Crippen LogP) is 6.35. The monoisotopic (exact) mass is 492 g/mol. The van der Waals surface area contributed by atoms with Gasteiger partial charge >= 0.3 is 12.3 Å². The number of pyridine rings is 1. The van der Waals surface area contributed by atoms with E-state index in [1.165, 1.54) is 18.5 Å². The van der Waals surface area contributed by atoms with Crippen molar-refractivity contribution in [2.75, 3.05) is 6.61 Å². The average molecular weight is 493 g/mol. The summed E-state index contributed by atoms with van der Waals surface area (Å²) in [6.07, 6.45) is -1.80. The molecule has 0 saturated heterocycles. The summed E-state index contributed by atoms with van der Waals surface area (Å²) in [7, 11) is 0. The number of hydrogen-bond acceptors (Lipinski definition) is 5. The Bertz CT molecular complexity index is 1180. The second-order valence-corrected chi connectivity index (χ2v) is 10.3. The van der Waals surface area contributed by atoms with Crippen LogP contribution in [0.2, 0.25) is 0 Å². The van der Waals surface area contributed by atoms with Crippen molar-refractivity contribution in [3.63, 3.8) is 0 Å². The molecule has 7 nitrogen and oxygen atoms in total. The molecule has 0 radical (unpaired) electrons. The van der Waals surface area contributed by atoms with Crippen LogP contribution in [0.3, 0.4) is 0 Å². The number of amides is 1. The van der Waals surface area contributed by atoms with Crippen molar-refractivity contribution in [2.45, 2.75) is 65.3 Å². The van der Waals surface area contributed by atoms with Gasteiger partial charge in [-0.15, -0.1) is 0 Å². The Morgan fingerprint density at radius 3 is 2.49 bits per heavy atom. The molecule has 0 bridgehead atoms. The molecule has 0 spiro atoms. The number of rotatable bonds is 7. The zero-order valence-electron chi connectivity index (χ0n) is 20.7. The Hall–Kier alpha value is -3.30. The standard InChI is InChI=1S/C25H31F3N4O3/c1-15(2)12-24(6,31-22(33)35-23(3,4)5)14-34-20-8-7-16(11-19(20)25(26,27)28)17-9-10-29-21-18(17)13-30-32-21/h7-11,13,15H,12,14H2,1-6H3,(H,31,33)(H,29,30,32)/t24-/m0/s1. The summed E-state index contributed by atoms with van der Waals surface area (Å²) in [5.41, 5.74) is -1.17. The Morgan fingerprint density at radius 1 is 1.14 bits per heavy atom. The van der Waals surface area contributed by atoms with Gasteiger partial charge < -0.3 is 14.8 Å². The van der Waals surface area contributed by atoms with E-state index in [4.69, 9.17) is 9.47 Å². The molecule has 190 valence electrons. The lowest BCUT2D eigenvalue weighted by Crippen LogP contribution is -2.52. The molecule has 3 rings (SSSR count). The molecule has 0 fully saturated rings. The number of benzene rings is 1. The summed E-state index contributed by atoms with van der Waals surface area (Å²) in [5.74, 6) is -0.174. The van der Waals surface area contributed by atoms with Crippen LogP contribution in [0.15, 0.2) is 36.7 Å². The normalized spacial score (nSPS) is 14.1. The molecule has 2 heterocycles. The van der Waals surface area contributed by atoms with Crippen molar-refractivity contribution in [3.8, 4) is 16.9 Å². The number of fused-ring (bicyclic) bond motifs is 1. The van der Waals surface area contributed by atoms with E-state index in [0.717, 1.165) is 6.07 Å². The molecule has 1 amide bonds. The zero-order chi connectivity index (χ0) is 26.0. The lowest BCUT2D eigenvalue weighted by atomic mass is 9.91. The summed E-state index contributed by atoms with van der Waals surface area (Å²) in [6.45, 7) is 10.7. The van der Waals surface area contributed by atoms with Crippen molar-refractivity contribution < 1.29 is 27.4 Å². The van der Waals surface area contributed by atoms with E-state index >= 15 is 0 Å². The predicted molar refractivity (Wildman–Crippen MR) is 127 cm³/mol. The van der Waals surface area contributed by atoms with Crippen LogP contribution in [-0.4, -0.2) is 39.0 Å². The molecule has 0 aliphatic carbocycles. The quantitative estimate of drug-likeness (QED) is 0.401. The number of carbonyl (C=O) groups excluding carboxylic acids is 1. The summed E-state index contributed by atoms with van der Waals surface area (Å²) in [5, 5.41) is 10.0. The first-order valence-electron chi connectivity index (χ1n) is 11.3. The van der Waals surface area contributed by atoms with Gasteiger partial charge in [0.15, 0.2) is 5.65 Å². The number of hydrogen-bond donors (Lipinski definition) is 2. The minimum Gasteiger partial charge on any atom is -0.491 e. The minimum atomic E-state index is -4.65. The Morgan fingerprint density at radius 2 is 1.86 bits per heavy atom. The second kappa shape index (κ2) is 9.75. The van der Waals surface area contributed by atoms with Crippen molar-refractivity contribution in [2.24, 2.45) is 5.92 Å². The van der Waals surface area contributed by atoms with Crippen LogP contribution in [-0.2, 0) is 10.9 Å². The number of nitrogens with zero attached hydrogens (tertiary/aromatic N) is 2. The third-order valence-corrected chi connectivity index (χ3v) is 5.16. The highest BCUT2D eigenvalue weighted by Crippen LogP contribution is 2.40. The second-order valence-electron chi connectivity index (χ2n) is 10.3. The van der Waals surface area contributed by atoms with Crippen LogP contribution < -0.4 is 10.1 Å². The van der Waals surface area contributed by atoms with Gasteiger partial charge in [0.25, 0.3) is 0 Å². The molecule has 2 N–H and O–H groups in total. The Labute approximate surface area is 202 Å². The number of aromatic amines is 1. The largest absolute Gasteiger partial charge is 0.491 e. The fraction of sp³-hybridized carbons (Fsp3) is 0.480. The summed E-state index contributed by atoms with van der Waals surface area (Å²) in [6, 6.07) is 5.55. The molecule has 0 aliphatic rings. The fourth-order valence-electron chi connectivity index (χ4n) is 3.98. The first kappa shape index (κ1) is 26.3. The topological polar surface area (TPSA) is 89.1 Å². The van der Waals surface area contributed by atoms with Crippen molar-refractivity contribution >= 4 is 17.1 Å². The number of ether oxygens (including phenoxy) is 2. The van der Waals surface area contributed by atoms with E-state index in [0.29, 0.717) is 28.6 Å². The SMILES string of the molecule is CC(C)C[C@@](C)(COc1ccc(-c2ccnc3[nH]ncc23)cc1C(F)(F)F)NC(=O)OC(C)(C)C. The summed E-state index contributed by atoms with van der Waals surface area (Å²) < 4.78 is 53.1. The van der Waals surface area contributed by atoms with Gasteiger partial charge in [-0.1, -0.05) is 19.9 Å². The highest BCUT2D eigenvalue weighted by molar-refractivity contribution is 5.92. The zero-order valence-corrected chi connectivity index (χ0v) is 20.7. The molecule has 2 aromatic heterocycles. The third kappa shape index (κ3) is 6.86. The van der Waals surface area contributed by atoms with E-state index in [2.05, 4.69) is 20.5 Å². The van der Waals surface area contributed by atoms with Gasteiger partial charge in [0.1, 0.15) is 18.0 Å². The highest BCUT2D eigenvalue weighted by Gasteiger charge is 2.37. The number of nitrogens with one attached hydrogen (secondary N) is 2. The van der Waals surface area contributed by atoms with Gasteiger partial charge in [0.05, 0.1) is 17.3 Å².